The number of sulfonamides is 1. The van der Waals surface area contributed by atoms with Gasteiger partial charge in [-0.3, -0.25) is 4.79 Å². The molecule has 0 radical (unpaired) electrons. The van der Waals surface area contributed by atoms with Gasteiger partial charge in [0, 0.05) is 23.2 Å². The van der Waals surface area contributed by atoms with Crippen molar-refractivity contribution in [1.29, 1.82) is 0 Å². The molecule has 0 spiro atoms. The number of hydrogen-bond acceptors (Lipinski definition) is 6. The van der Waals surface area contributed by atoms with Crippen molar-refractivity contribution >= 4 is 33.2 Å². The van der Waals surface area contributed by atoms with Crippen LogP contribution in [0.3, 0.4) is 0 Å². The molecule has 0 bridgehead atoms. The summed E-state index contributed by atoms with van der Waals surface area (Å²) in [4.78, 5) is 11.2. The standard InChI is InChI=1S/C23H19ClN4O4S/c1-15(29)25-19-11-13-20(14-12-19)33(30,31)28-21(16-7-9-18(24)10-8-16)23-27-26-22(32-23)17-5-3-2-4-6-17/h2-14,21,28H,1H3,(H,25,29)/t21-/m1/s1. The van der Waals surface area contributed by atoms with Crippen LogP contribution in [-0.2, 0) is 14.8 Å². The van der Waals surface area contributed by atoms with Crippen LogP contribution in [0.2, 0.25) is 5.02 Å². The Morgan fingerprint density at radius 1 is 0.939 bits per heavy atom. The molecule has 0 aliphatic heterocycles. The smallest absolute Gasteiger partial charge is 0.247 e. The zero-order valence-corrected chi connectivity index (χ0v) is 19.0. The van der Waals surface area contributed by atoms with E-state index >= 15 is 0 Å². The van der Waals surface area contributed by atoms with E-state index in [1.807, 2.05) is 30.3 Å². The van der Waals surface area contributed by atoms with Gasteiger partial charge < -0.3 is 9.73 Å². The summed E-state index contributed by atoms with van der Waals surface area (Å²) in [6.07, 6.45) is 0. The van der Waals surface area contributed by atoms with Crippen molar-refractivity contribution < 1.29 is 17.6 Å². The van der Waals surface area contributed by atoms with E-state index < -0.39 is 16.1 Å². The summed E-state index contributed by atoms with van der Waals surface area (Å²) >= 11 is 6.01. The summed E-state index contributed by atoms with van der Waals surface area (Å²) < 4.78 is 34.8. The fraction of sp³-hybridized carbons (Fsp3) is 0.0870. The lowest BCUT2D eigenvalue weighted by atomic mass is 10.1. The Morgan fingerprint density at radius 3 is 2.24 bits per heavy atom. The lowest BCUT2D eigenvalue weighted by molar-refractivity contribution is -0.114. The molecule has 168 valence electrons. The highest BCUT2D eigenvalue weighted by atomic mass is 35.5. The number of benzene rings is 3. The summed E-state index contributed by atoms with van der Waals surface area (Å²) in [5, 5.41) is 11.3. The first kappa shape index (κ1) is 22.7. The molecule has 0 fully saturated rings. The van der Waals surface area contributed by atoms with Gasteiger partial charge in [0.1, 0.15) is 6.04 Å². The van der Waals surface area contributed by atoms with Gasteiger partial charge in [-0.05, 0) is 54.1 Å². The number of carbonyl (C=O) groups excluding carboxylic acids is 1. The van der Waals surface area contributed by atoms with Gasteiger partial charge in [0.25, 0.3) is 0 Å². The molecule has 3 aromatic carbocycles. The molecule has 33 heavy (non-hydrogen) atoms. The van der Waals surface area contributed by atoms with Crippen LogP contribution in [0.5, 0.6) is 0 Å². The van der Waals surface area contributed by atoms with E-state index in [2.05, 4.69) is 20.2 Å². The highest BCUT2D eigenvalue weighted by Crippen LogP contribution is 2.28. The van der Waals surface area contributed by atoms with E-state index in [9.17, 15) is 13.2 Å². The Hall–Kier alpha value is -3.53. The number of aromatic nitrogens is 2. The third-order valence-electron chi connectivity index (χ3n) is 4.67. The summed E-state index contributed by atoms with van der Waals surface area (Å²) in [6, 6.07) is 20.7. The van der Waals surface area contributed by atoms with Gasteiger partial charge in [0.05, 0.1) is 4.90 Å². The average molecular weight is 483 g/mol. The van der Waals surface area contributed by atoms with Gasteiger partial charge in [-0.25, -0.2) is 8.42 Å². The van der Waals surface area contributed by atoms with Crippen LogP contribution in [-0.4, -0.2) is 24.5 Å². The average Bonchev–Trinajstić information content (AvgIpc) is 3.29. The normalized spacial score (nSPS) is 12.3. The Balaban J connectivity index is 1.68. The van der Waals surface area contributed by atoms with Crippen LogP contribution < -0.4 is 10.0 Å². The van der Waals surface area contributed by atoms with Crippen LogP contribution >= 0.6 is 11.6 Å². The van der Waals surface area contributed by atoms with Crippen molar-refractivity contribution in [2.24, 2.45) is 0 Å². The van der Waals surface area contributed by atoms with E-state index in [1.54, 1.807) is 24.3 Å². The topological polar surface area (TPSA) is 114 Å². The lowest BCUT2D eigenvalue weighted by Crippen LogP contribution is -2.29. The molecule has 8 nitrogen and oxygen atoms in total. The monoisotopic (exact) mass is 482 g/mol. The first-order valence-electron chi connectivity index (χ1n) is 9.86. The Labute approximate surface area is 195 Å². The fourth-order valence-corrected chi connectivity index (χ4v) is 4.41. The number of halogens is 1. The number of rotatable bonds is 7. The quantitative estimate of drug-likeness (QED) is 0.403. The van der Waals surface area contributed by atoms with Crippen molar-refractivity contribution in [2.45, 2.75) is 17.9 Å². The molecule has 0 aliphatic rings. The summed E-state index contributed by atoms with van der Waals surface area (Å²) in [7, 11) is -3.99. The molecular weight excluding hydrogens is 464 g/mol. The Bertz CT molecular complexity index is 1360. The zero-order chi connectivity index (χ0) is 23.4. The molecule has 1 heterocycles. The Morgan fingerprint density at radius 2 is 1.61 bits per heavy atom. The van der Waals surface area contributed by atoms with Crippen LogP contribution in [0.25, 0.3) is 11.5 Å². The molecule has 1 aromatic heterocycles. The molecule has 0 saturated carbocycles. The molecule has 4 rings (SSSR count). The van der Waals surface area contributed by atoms with Crippen molar-refractivity contribution in [3.63, 3.8) is 0 Å². The minimum atomic E-state index is -3.99. The maximum Gasteiger partial charge on any atom is 0.247 e. The van der Waals surface area contributed by atoms with E-state index in [0.29, 0.717) is 21.8 Å². The third-order valence-corrected chi connectivity index (χ3v) is 6.36. The molecule has 0 saturated heterocycles. The van der Waals surface area contributed by atoms with E-state index in [0.717, 1.165) is 0 Å². The van der Waals surface area contributed by atoms with Crippen LogP contribution in [0, 0.1) is 0 Å². The predicted octanol–water partition coefficient (Wildman–Crippen LogP) is 4.42. The molecule has 4 aromatic rings. The second-order valence-electron chi connectivity index (χ2n) is 7.12. The SMILES string of the molecule is CC(=O)Nc1ccc(S(=O)(=O)N[C@H](c2ccc(Cl)cc2)c2nnc(-c3ccccc3)o2)cc1. The van der Waals surface area contributed by atoms with Gasteiger partial charge in [0.15, 0.2) is 0 Å². The van der Waals surface area contributed by atoms with Crippen LogP contribution in [0.1, 0.15) is 24.4 Å². The van der Waals surface area contributed by atoms with Crippen molar-refractivity contribution in [1.82, 2.24) is 14.9 Å². The van der Waals surface area contributed by atoms with E-state index in [-0.39, 0.29) is 22.6 Å². The summed E-state index contributed by atoms with van der Waals surface area (Å²) in [6.45, 7) is 1.37. The van der Waals surface area contributed by atoms with Crippen LogP contribution in [0.4, 0.5) is 5.69 Å². The first-order valence-corrected chi connectivity index (χ1v) is 11.7. The summed E-state index contributed by atoms with van der Waals surface area (Å²) in [5.74, 6) is 0.0928. The molecule has 1 amide bonds. The fourth-order valence-electron chi connectivity index (χ4n) is 3.11. The molecule has 10 heteroatoms. The number of hydrogen-bond donors (Lipinski definition) is 2. The van der Waals surface area contributed by atoms with Crippen molar-refractivity contribution in [3.05, 3.63) is 95.3 Å². The maximum absolute atomic E-state index is 13.2. The first-order chi connectivity index (χ1) is 15.8. The minimum Gasteiger partial charge on any atom is -0.419 e. The number of nitrogens with one attached hydrogen (secondary N) is 2. The second kappa shape index (κ2) is 9.53. The maximum atomic E-state index is 13.2. The largest absolute Gasteiger partial charge is 0.419 e. The van der Waals surface area contributed by atoms with Crippen molar-refractivity contribution in [2.75, 3.05) is 5.32 Å². The highest BCUT2D eigenvalue weighted by molar-refractivity contribution is 7.89. The third kappa shape index (κ3) is 5.46. The van der Waals surface area contributed by atoms with Gasteiger partial charge in [-0.2, -0.15) is 4.72 Å². The zero-order valence-electron chi connectivity index (χ0n) is 17.4. The lowest BCUT2D eigenvalue weighted by Gasteiger charge is -2.16. The molecule has 2 N–H and O–H groups in total. The number of carbonyl (C=O) groups is 1. The van der Waals surface area contributed by atoms with Crippen LogP contribution in [0.15, 0.2) is 88.2 Å². The Kier molecular flexibility index (Phi) is 6.55. The van der Waals surface area contributed by atoms with Gasteiger partial charge in [0.2, 0.25) is 27.7 Å². The second-order valence-corrected chi connectivity index (χ2v) is 9.27. The molecule has 1 atom stereocenters. The highest BCUT2D eigenvalue weighted by Gasteiger charge is 2.27. The number of anilines is 1. The van der Waals surface area contributed by atoms with Gasteiger partial charge >= 0.3 is 0 Å². The molecule has 0 unspecified atom stereocenters. The minimum absolute atomic E-state index is 0.0124. The van der Waals surface area contributed by atoms with Crippen molar-refractivity contribution in [3.8, 4) is 11.5 Å². The van der Waals surface area contributed by atoms with Gasteiger partial charge in [-0.15, -0.1) is 10.2 Å². The predicted molar refractivity (Wildman–Crippen MR) is 124 cm³/mol. The summed E-state index contributed by atoms with van der Waals surface area (Å²) in [5.41, 5.74) is 1.77. The molecule has 0 aliphatic carbocycles. The van der Waals surface area contributed by atoms with E-state index in [4.69, 9.17) is 16.0 Å². The van der Waals surface area contributed by atoms with E-state index in [1.165, 1.54) is 31.2 Å². The molecular formula is C23H19ClN4O4S. The number of amides is 1. The van der Waals surface area contributed by atoms with Gasteiger partial charge in [-0.1, -0.05) is 41.9 Å². The number of nitrogens with zero attached hydrogens (tertiary/aromatic N) is 2.